The van der Waals surface area contributed by atoms with Gasteiger partial charge in [0.15, 0.2) is 0 Å². The molecule has 2 N–H and O–H groups in total. The van der Waals surface area contributed by atoms with E-state index in [9.17, 15) is 5.11 Å². The van der Waals surface area contributed by atoms with Crippen molar-refractivity contribution < 1.29 is 9.84 Å². The third-order valence-electron chi connectivity index (χ3n) is 2.48. The number of rotatable bonds is 6. The number of nitrogens with one attached hydrogen (secondary N) is 1. The van der Waals surface area contributed by atoms with Crippen molar-refractivity contribution in [2.45, 2.75) is 13.0 Å². The molecule has 0 spiro atoms. The lowest BCUT2D eigenvalue weighted by molar-refractivity contribution is 0.115. The lowest BCUT2D eigenvalue weighted by atomic mass is 10.2. The second-order valence-electron chi connectivity index (χ2n) is 4.06. The second-order valence-corrected chi connectivity index (χ2v) is 5.47. The molecule has 0 aliphatic carbocycles. The number of aliphatic hydroxyl groups excluding tert-OH is 1. The first kappa shape index (κ1) is 14.2. The van der Waals surface area contributed by atoms with Crippen LogP contribution < -0.4 is 10.1 Å². The molecule has 5 nitrogen and oxygen atoms in total. The summed E-state index contributed by atoms with van der Waals surface area (Å²) < 4.78 is 14.0. The Morgan fingerprint density at radius 3 is 3.05 bits per heavy atom. The maximum absolute atomic E-state index is 9.79. The number of aliphatic hydroxyl groups is 1. The number of aromatic nitrogens is 2. The van der Waals surface area contributed by atoms with Crippen LogP contribution in [-0.2, 0) is 0 Å². The van der Waals surface area contributed by atoms with Gasteiger partial charge < -0.3 is 15.2 Å². The summed E-state index contributed by atoms with van der Waals surface area (Å²) in [5, 5.41) is 12.9. The Labute approximate surface area is 124 Å². The molecule has 1 aromatic carbocycles. The predicted octanol–water partition coefficient (Wildman–Crippen LogP) is 2.46. The number of benzene rings is 1. The van der Waals surface area contributed by atoms with Crippen LogP contribution in [0, 0.1) is 6.92 Å². The minimum atomic E-state index is -0.609. The van der Waals surface area contributed by atoms with E-state index in [1.54, 1.807) is 0 Å². The third-order valence-corrected chi connectivity index (χ3v) is 3.79. The highest BCUT2D eigenvalue weighted by Gasteiger charge is 2.07. The van der Waals surface area contributed by atoms with Crippen molar-refractivity contribution in [3.05, 3.63) is 34.4 Å². The van der Waals surface area contributed by atoms with E-state index < -0.39 is 6.10 Å². The highest BCUT2D eigenvalue weighted by Crippen LogP contribution is 2.20. The summed E-state index contributed by atoms with van der Waals surface area (Å²) in [5.74, 6) is 0.446. The summed E-state index contributed by atoms with van der Waals surface area (Å²) >= 11 is 4.55. The Morgan fingerprint density at radius 1 is 1.53 bits per heavy atom. The van der Waals surface area contributed by atoms with Crippen molar-refractivity contribution in [1.29, 1.82) is 0 Å². The molecule has 1 heterocycles. The van der Waals surface area contributed by atoms with Crippen LogP contribution in [0.4, 0.5) is 5.69 Å². The summed E-state index contributed by atoms with van der Waals surface area (Å²) in [4.78, 5) is 0. The molecular weight excluding hydrogens is 330 g/mol. The van der Waals surface area contributed by atoms with Crippen molar-refractivity contribution in [2.24, 2.45) is 0 Å². The topological polar surface area (TPSA) is 67.3 Å². The standard InChI is InChI=1S/C12H14BrN3O2S/c1-8-2-3-9(4-11(8)13)14-5-10(17)7-18-12-6-15-19-16-12/h2-4,6,10,14,17H,5,7H2,1H3. The number of halogens is 1. The molecule has 7 heteroatoms. The fourth-order valence-corrected chi connectivity index (χ4v) is 2.14. The largest absolute Gasteiger partial charge is 0.473 e. The third kappa shape index (κ3) is 4.45. The molecule has 0 radical (unpaired) electrons. The second kappa shape index (κ2) is 6.83. The number of nitrogens with zero attached hydrogens (tertiary/aromatic N) is 2. The van der Waals surface area contributed by atoms with Crippen molar-refractivity contribution in [1.82, 2.24) is 8.75 Å². The van der Waals surface area contributed by atoms with Crippen LogP contribution in [0.5, 0.6) is 5.88 Å². The van der Waals surface area contributed by atoms with E-state index in [2.05, 4.69) is 30.0 Å². The first-order chi connectivity index (χ1) is 9.15. The van der Waals surface area contributed by atoms with E-state index in [1.807, 2.05) is 25.1 Å². The molecule has 0 fully saturated rings. The van der Waals surface area contributed by atoms with E-state index in [0.29, 0.717) is 12.4 Å². The Hall–Kier alpha value is -1.18. The zero-order valence-electron chi connectivity index (χ0n) is 10.3. The lowest BCUT2D eigenvalue weighted by Gasteiger charge is -2.13. The highest BCUT2D eigenvalue weighted by atomic mass is 79.9. The first-order valence-corrected chi connectivity index (χ1v) is 7.26. The summed E-state index contributed by atoms with van der Waals surface area (Å²) in [6.07, 6.45) is 0.920. The maximum Gasteiger partial charge on any atom is 0.245 e. The van der Waals surface area contributed by atoms with Crippen molar-refractivity contribution in [2.75, 3.05) is 18.5 Å². The molecule has 0 amide bonds. The summed E-state index contributed by atoms with van der Waals surface area (Å²) in [5.41, 5.74) is 2.12. The monoisotopic (exact) mass is 343 g/mol. The van der Waals surface area contributed by atoms with E-state index in [1.165, 1.54) is 11.8 Å². The van der Waals surface area contributed by atoms with Gasteiger partial charge in [-0.1, -0.05) is 22.0 Å². The van der Waals surface area contributed by atoms with Crippen LogP contribution in [0.15, 0.2) is 28.9 Å². The molecule has 0 bridgehead atoms. The van der Waals surface area contributed by atoms with Crippen LogP contribution in [0.3, 0.4) is 0 Å². The van der Waals surface area contributed by atoms with Gasteiger partial charge >= 0.3 is 0 Å². The molecule has 2 rings (SSSR count). The number of anilines is 1. The minimum Gasteiger partial charge on any atom is -0.473 e. The number of aryl methyl sites for hydroxylation is 1. The molecular formula is C12H14BrN3O2S. The maximum atomic E-state index is 9.79. The molecule has 19 heavy (non-hydrogen) atoms. The number of hydrogen-bond donors (Lipinski definition) is 2. The summed E-state index contributed by atoms with van der Waals surface area (Å²) in [7, 11) is 0. The van der Waals surface area contributed by atoms with E-state index >= 15 is 0 Å². The van der Waals surface area contributed by atoms with Crippen molar-refractivity contribution in [3.8, 4) is 5.88 Å². The van der Waals surface area contributed by atoms with E-state index in [-0.39, 0.29) is 6.61 Å². The zero-order chi connectivity index (χ0) is 13.7. The van der Waals surface area contributed by atoms with E-state index in [0.717, 1.165) is 21.9 Å². The molecule has 0 saturated heterocycles. The highest BCUT2D eigenvalue weighted by molar-refractivity contribution is 9.10. The Morgan fingerprint density at radius 2 is 2.37 bits per heavy atom. The Kier molecular flexibility index (Phi) is 5.12. The van der Waals surface area contributed by atoms with Gasteiger partial charge in [-0.2, -0.15) is 4.37 Å². The number of hydrogen-bond acceptors (Lipinski definition) is 6. The predicted molar refractivity (Wildman–Crippen MR) is 78.8 cm³/mol. The van der Waals surface area contributed by atoms with Gasteiger partial charge in [0.05, 0.1) is 11.7 Å². The summed E-state index contributed by atoms with van der Waals surface area (Å²) in [6.45, 7) is 2.62. The lowest BCUT2D eigenvalue weighted by Crippen LogP contribution is -2.26. The van der Waals surface area contributed by atoms with Gasteiger partial charge in [0.25, 0.3) is 0 Å². The zero-order valence-corrected chi connectivity index (χ0v) is 12.7. The smallest absolute Gasteiger partial charge is 0.245 e. The van der Waals surface area contributed by atoms with Gasteiger partial charge in [-0.25, -0.2) is 0 Å². The van der Waals surface area contributed by atoms with Crippen LogP contribution in [0.25, 0.3) is 0 Å². The van der Waals surface area contributed by atoms with Crippen LogP contribution >= 0.6 is 27.7 Å². The van der Waals surface area contributed by atoms with Gasteiger partial charge in [-0.05, 0) is 24.6 Å². The van der Waals surface area contributed by atoms with Crippen molar-refractivity contribution >= 4 is 33.3 Å². The van der Waals surface area contributed by atoms with Gasteiger partial charge in [0.1, 0.15) is 18.9 Å². The fraction of sp³-hybridized carbons (Fsp3) is 0.333. The van der Waals surface area contributed by atoms with Gasteiger partial charge in [0.2, 0.25) is 5.88 Å². The van der Waals surface area contributed by atoms with Gasteiger partial charge in [-0.3, -0.25) is 0 Å². The van der Waals surface area contributed by atoms with Crippen molar-refractivity contribution in [3.63, 3.8) is 0 Å². The average Bonchev–Trinajstić information content (AvgIpc) is 2.91. The Balaban J connectivity index is 1.76. The minimum absolute atomic E-state index is 0.186. The average molecular weight is 344 g/mol. The van der Waals surface area contributed by atoms with Crippen LogP contribution in [-0.4, -0.2) is 33.1 Å². The molecule has 102 valence electrons. The molecule has 1 unspecified atom stereocenters. The van der Waals surface area contributed by atoms with E-state index in [4.69, 9.17) is 4.74 Å². The normalized spacial score (nSPS) is 12.2. The van der Waals surface area contributed by atoms with Gasteiger partial charge in [-0.15, -0.1) is 4.37 Å². The molecule has 0 aliphatic heterocycles. The molecule has 0 saturated carbocycles. The summed E-state index contributed by atoms with van der Waals surface area (Å²) in [6, 6.07) is 5.96. The Bertz CT molecular complexity index is 522. The fourth-order valence-electron chi connectivity index (χ4n) is 1.40. The molecule has 0 aliphatic rings. The quantitative estimate of drug-likeness (QED) is 0.843. The number of ether oxygens (including phenoxy) is 1. The first-order valence-electron chi connectivity index (χ1n) is 5.73. The molecule has 1 aromatic heterocycles. The van der Waals surface area contributed by atoms with Crippen LogP contribution in [0.1, 0.15) is 5.56 Å². The van der Waals surface area contributed by atoms with Crippen LogP contribution in [0.2, 0.25) is 0 Å². The molecule has 1 atom stereocenters. The molecule has 2 aromatic rings. The SMILES string of the molecule is Cc1ccc(NCC(O)COc2cnsn2)cc1Br. The van der Waals surface area contributed by atoms with Gasteiger partial charge in [0, 0.05) is 16.7 Å².